The van der Waals surface area contributed by atoms with Gasteiger partial charge in [0.15, 0.2) is 3.79 Å². The second-order valence-electron chi connectivity index (χ2n) is 1.23. The first kappa shape index (κ1) is 12.5. The van der Waals surface area contributed by atoms with E-state index in [-0.39, 0.29) is 13.2 Å². The summed E-state index contributed by atoms with van der Waals surface area (Å²) in [5.41, 5.74) is 0. The Balaban J connectivity index is 0. The zero-order valence-electron chi connectivity index (χ0n) is 4.94. The third-order valence-electron chi connectivity index (χ3n) is 0.1000. The van der Waals surface area contributed by atoms with E-state index in [0.29, 0.717) is 0 Å². The van der Waals surface area contributed by atoms with Crippen molar-refractivity contribution >= 4 is 34.8 Å². The Bertz CT molecular complexity index is 44.3. The Hall–Kier alpha value is 0.790. The van der Waals surface area contributed by atoms with E-state index in [1.54, 1.807) is 0 Å². The summed E-state index contributed by atoms with van der Waals surface area (Å²) in [6.45, 7) is 1.23. The number of hydrogen-bond acceptors (Lipinski definition) is 2. The van der Waals surface area contributed by atoms with Crippen LogP contribution in [0.25, 0.3) is 0 Å². The lowest BCUT2D eigenvalue weighted by atomic mass is 10.8. The molecule has 0 bridgehead atoms. The van der Waals surface area contributed by atoms with Crippen LogP contribution in [0.2, 0.25) is 0 Å². The van der Waals surface area contributed by atoms with E-state index in [0.717, 1.165) is 0 Å². The maximum atomic E-state index is 7.62. The quantitative estimate of drug-likeness (QED) is 0.620. The van der Waals surface area contributed by atoms with Gasteiger partial charge in [-0.15, -0.1) is 0 Å². The first-order valence-electron chi connectivity index (χ1n) is 2.20. The molecule has 0 aromatic rings. The summed E-state index contributed by atoms with van der Waals surface area (Å²) in [7, 11) is 0. The lowest BCUT2D eigenvalue weighted by Crippen LogP contribution is -1.87. The molecule has 0 amide bonds. The Kier molecular flexibility index (Phi) is 9.56. The average Bonchev–Trinajstić information content (AvgIpc) is 1.61. The van der Waals surface area contributed by atoms with Gasteiger partial charge in [0.2, 0.25) is 0 Å². The van der Waals surface area contributed by atoms with Crippen LogP contribution in [0.4, 0.5) is 0 Å². The highest BCUT2D eigenvalue weighted by Crippen LogP contribution is 2.23. The van der Waals surface area contributed by atoms with Crippen molar-refractivity contribution in [3.63, 3.8) is 0 Å². The number of alkyl halides is 3. The van der Waals surface area contributed by atoms with Crippen molar-refractivity contribution in [2.45, 2.75) is 10.7 Å². The summed E-state index contributed by atoms with van der Waals surface area (Å²) in [6, 6.07) is 0. The van der Waals surface area contributed by atoms with E-state index >= 15 is 0 Å². The zero-order chi connectivity index (χ0) is 7.91. The van der Waals surface area contributed by atoms with Gasteiger partial charge in [-0.1, -0.05) is 34.8 Å². The Morgan fingerprint density at radius 2 is 1.22 bits per heavy atom. The minimum atomic E-state index is -1.08. The largest absolute Gasteiger partial charge is 0.394 e. The molecule has 0 spiro atoms. The van der Waals surface area contributed by atoms with Gasteiger partial charge in [-0.25, -0.2) is 0 Å². The fourth-order valence-electron chi connectivity index (χ4n) is 0. The SMILES string of the molecule is CC(Cl)(Cl)Cl.OCCO. The minimum absolute atomic E-state index is 0.125. The van der Waals surface area contributed by atoms with Crippen molar-refractivity contribution in [1.82, 2.24) is 0 Å². The van der Waals surface area contributed by atoms with E-state index in [1.807, 2.05) is 0 Å². The van der Waals surface area contributed by atoms with Crippen LogP contribution in [0.15, 0.2) is 0 Å². The smallest absolute Gasteiger partial charge is 0.187 e. The molecule has 0 rings (SSSR count). The van der Waals surface area contributed by atoms with Gasteiger partial charge < -0.3 is 10.2 Å². The highest BCUT2D eigenvalue weighted by atomic mass is 35.6. The molecule has 0 aliphatic heterocycles. The summed E-state index contributed by atoms with van der Waals surface area (Å²) < 4.78 is -1.08. The lowest BCUT2D eigenvalue weighted by Gasteiger charge is -1.94. The van der Waals surface area contributed by atoms with Crippen LogP contribution in [0.5, 0.6) is 0 Å². The van der Waals surface area contributed by atoms with Crippen LogP contribution >= 0.6 is 34.8 Å². The standard InChI is InChI=1S/C2H3Cl3.C2H6O2/c1-2(3,4)5;3-1-2-4/h1H3;3-4H,1-2H2. The molecule has 5 heteroatoms. The molecule has 0 radical (unpaired) electrons. The van der Waals surface area contributed by atoms with Crippen molar-refractivity contribution in [3.8, 4) is 0 Å². The van der Waals surface area contributed by atoms with Gasteiger partial charge in [-0.2, -0.15) is 0 Å². The number of aliphatic hydroxyl groups is 2. The molecule has 0 aromatic carbocycles. The van der Waals surface area contributed by atoms with E-state index < -0.39 is 3.79 Å². The molecule has 0 saturated carbocycles. The van der Waals surface area contributed by atoms with Crippen molar-refractivity contribution in [2.75, 3.05) is 13.2 Å². The number of halogens is 3. The van der Waals surface area contributed by atoms with Gasteiger partial charge in [0, 0.05) is 0 Å². The fraction of sp³-hybridized carbons (Fsp3) is 1.00. The van der Waals surface area contributed by atoms with Crippen molar-refractivity contribution in [2.24, 2.45) is 0 Å². The minimum Gasteiger partial charge on any atom is -0.394 e. The number of aliphatic hydroxyl groups excluding tert-OH is 2. The lowest BCUT2D eigenvalue weighted by molar-refractivity contribution is 0.186. The van der Waals surface area contributed by atoms with E-state index in [9.17, 15) is 0 Å². The van der Waals surface area contributed by atoms with Gasteiger partial charge in [-0.3, -0.25) is 0 Å². The van der Waals surface area contributed by atoms with E-state index in [1.165, 1.54) is 6.92 Å². The molecule has 0 aliphatic carbocycles. The Morgan fingerprint density at radius 1 is 1.11 bits per heavy atom. The highest BCUT2D eigenvalue weighted by Gasteiger charge is 2.07. The molecular formula is C4H9Cl3O2. The molecular weight excluding hydrogens is 186 g/mol. The third kappa shape index (κ3) is 126. The summed E-state index contributed by atoms with van der Waals surface area (Å²) in [5, 5.41) is 15.2. The molecule has 0 unspecified atom stereocenters. The van der Waals surface area contributed by atoms with Crippen molar-refractivity contribution < 1.29 is 10.2 Å². The molecule has 9 heavy (non-hydrogen) atoms. The van der Waals surface area contributed by atoms with Gasteiger partial charge in [0.05, 0.1) is 13.2 Å². The molecule has 0 heterocycles. The van der Waals surface area contributed by atoms with Crippen LogP contribution < -0.4 is 0 Å². The molecule has 0 saturated heterocycles. The second-order valence-corrected chi connectivity index (χ2v) is 4.08. The van der Waals surface area contributed by atoms with Crippen LogP contribution in [0.3, 0.4) is 0 Å². The molecule has 2 nitrogen and oxygen atoms in total. The summed E-state index contributed by atoms with van der Waals surface area (Å²) in [4.78, 5) is 0. The monoisotopic (exact) mass is 194 g/mol. The Morgan fingerprint density at radius 3 is 1.22 bits per heavy atom. The predicted molar refractivity (Wildman–Crippen MR) is 40.1 cm³/mol. The number of hydrogen-bond donors (Lipinski definition) is 2. The van der Waals surface area contributed by atoms with Crippen LogP contribution in [0.1, 0.15) is 6.92 Å². The highest BCUT2D eigenvalue weighted by molar-refractivity contribution is 6.67. The number of rotatable bonds is 1. The van der Waals surface area contributed by atoms with Crippen molar-refractivity contribution in [3.05, 3.63) is 0 Å². The summed E-state index contributed by atoms with van der Waals surface area (Å²) in [5.74, 6) is 0. The van der Waals surface area contributed by atoms with Gasteiger partial charge >= 0.3 is 0 Å². The van der Waals surface area contributed by atoms with E-state index in [4.69, 9.17) is 45.0 Å². The van der Waals surface area contributed by atoms with Crippen LogP contribution in [0, 0.1) is 0 Å². The fourth-order valence-corrected chi connectivity index (χ4v) is 0. The molecule has 0 aromatic heterocycles. The second kappa shape index (κ2) is 6.90. The molecule has 58 valence electrons. The third-order valence-corrected chi connectivity index (χ3v) is 0.1000. The topological polar surface area (TPSA) is 40.5 Å². The van der Waals surface area contributed by atoms with Crippen LogP contribution in [-0.4, -0.2) is 27.2 Å². The maximum Gasteiger partial charge on any atom is 0.187 e. The normalized spacial score (nSPS) is 10.0. The Labute approximate surface area is 69.3 Å². The van der Waals surface area contributed by atoms with Gasteiger partial charge in [0.25, 0.3) is 0 Å². The predicted octanol–water partition coefficient (Wildman–Crippen LogP) is 1.35. The van der Waals surface area contributed by atoms with E-state index in [2.05, 4.69) is 0 Å². The molecule has 0 atom stereocenters. The van der Waals surface area contributed by atoms with Crippen LogP contribution in [-0.2, 0) is 0 Å². The zero-order valence-corrected chi connectivity index (χ0v) is 7.21. The average molecular weight is 195 g/mol. The first-order chi connectivity index (χ1) is 3.91. The van der Waals surface area contributed by atoms with Crippen molar-refractivity contribution in [1.29, 1.82) is 0 Å². The van der Waals surface area contributed by atoms with Gasteiger partial charge in [0.1, 0.15) is 0 Å². The first-order valence-corrected chi connectivity index (χ1v) is 3.33. The molecule has 0 aliphatic rings. The maximum absolute atomic E-state index is 7.62. The molecule has 0 fully saturated rings. The summed E-state index contributed by atoms with van der Waals surface area (Å²) >= 11 is 15.2. The molecule has 2 N–H and O–H groups in total. The van der Waals surface area contributed by atoms with Gasteiger partial charge in [-0.05, 0) is 6.92 Å². The summed E-state index contributed by atoms with van der Waals surface area (Å²) in [6.07, 6.45) is 0.